The molecule has 36 heavy (non-hydrogen) atoms. The molecule has 184 valence electrons. The van der Waals surface area contributed by atoms with Crippen LogP contribution in [0.25, 0.3) is 15.9 Å². The molecule has 5 rings (SSSR count). The zero-order chi connectivity index (χ0) is 25.2. The average molecular weight is 503 g/mol. The lowest BCUT2D eigenvalue weighted by molar-refractivity contribution is -0.129. The smallest absolute Gasteiger partial charge is 0.337 e. The molecule has 0 aliphatic carbocycles. The van der Waals surface area contributed by atoms with Gasteiger partial charge in [-0.05, 0) is 36.1 Å². The monoisotopic (exact) mass is 502 g/mol. The number of carbonyl (C=O) groups excluding carboxylic acids is 2. The lowest BCUT2D eigenvalue weighted by atomic mass is 10.1. The largest absolute Gasteiger partial charge is 0.354 e. The summed E-state index contributed by atoms with van der Waals surface area (Å²) in [6.07, 6.45) is 1.20. The van der Waals surface area contributed by atoms with E-state index in [-0.39, 0.29) is 18.4 Å². The zero-order valence-corrected chi connectivity index (χ0v) is 20.7. The van der Waals surface area contributed by atoms with E-state index in [1.807, 2.05) is 36.4 Å². The lowest BCUT2D eigenvalue weighted by Crippen LogP contribution is -2.42. The van der Waals surface area contributed by atoms with Gasteiger partial charge in [0.2, 0.25) is 11.8 Å². The van der Waals surface area contributed by atoms with Crippen molar-refractivity contribution in [3.63, 3.8) is 0 Å². The Kier molecular flexibility index (Phi) is 6.56. The minimum absolute atomic E-state index is 0.0324. The molecule has 0 saturated heterocycles. The van der Waals surface area contributed by atoms with Crippen LogP contribution >= 0.6 is 11.3 Å². The molecule has 4 aromatic rings. The van der Waals surface area contributed by atoms with Gasteiger partial charge < -0.3 is 10.2 Å². The molecule has 1 aliphatic rings. The van der Waals surface area contributed by atoms with E-state index in [1.54, 1.807) is 29.2 Å². The summed E-state index contributed by atoms with van der Waals surface area (Å²) in [5.74, 6) is -0.334. The Hall–Kier alpha value is -3.98. The van der Waals surface area contributed by atoms with Crippen molar-refractivity contribution >= 4 is 33.4 Å². The second kappa shape index (κ2) is 9.94. The van der Waals surface area contributed by atoms with E-state index in [1.165, 1.54) is 22.8 Å². The number of carbonyl (C=O) groups is 2. The van der Waals surface area contributed by atoms with Gasteiger partial charge in [-0.15, -0.1) is 11.3 Å². The first kappa shape index (κ1) is 23.7. The number of hydrogen-bond donors (Lipinski definition) is 1. The van der Waals surface area contributed by atoms with Crippen molar-refractivity contribution < 1.29 is 9.59 Å². The molecule has 0 atom stereocenters. The van der Waals surface area contributed by atoms with Crippen LogP contribution in [0.3, 0.4) is 0 Å². The van der Waals surface area contributed by atoms with Crippen LogP contribution < -0.4 is 16.6 Å². The lowest BCUT2D eigenvalue weighted by Gasteiger charge is -2.25. The average Bonchev–Trinajstić information content (AvgIpc) is 3.27. The van der Waals surface area contributed by atoms with Crippen LogP contribution in [0.5, 0.6) is 0 Å². The Morgan fingerprint density at radius 2 is 1.69 bits per heavy atom. The SMILES string of the molecule is CC(=O)N1CCc2c(sc3c2c(=O)n(-c2ccccc2)c(=O)n3CC(=O)NCCc2ccccc2)C1. The predicted octanol–water partition coefficient (Wildman–Crippen LogP) is 2.48. The second-order valence-corrected chi connectivity index (χ2v) is 9.89. The van der Waals surface area contributed by atoms with Crippen molar-refractivity contribution in [2.75, 3.05) is 13.1 Å². The molecule has 0 radical (unpaired) electrons. The van der Waals surface area contributed by atoms with Crippen molar-refractivity contribution in [3.8, 4) is 5.69 Å². The number of benzene rings is 2. The van der Waals surface area contributed by atoms with Gasteiger partial charge in [0.15, 0.2) is 0 Å². The Bertz CT molecular complexity index is 1550. The number of para-hydroxylation sites is 1. The number of amides is 2. The van der Waals surface area contributed by atoms with E-state index in [9.17, 15) is 19.2 Å². The highest BCUT2D eigenvalue weighted by Gasteiger charge is 2.28. The first-order chi connectivity index (χ1) is 17.4. The summed E-state index contributed by atoms with van der Waals surface area (Å²) in [5.41, 5.74) is 1.47. The summed E-state index contributed by atoms with van der Waals surface area (Å²) >= 11 is 1.32. The summed E-state index contributed by atoms with van der Waals surface area (Å²) in [7, 11) is 0. The topological polar surface area (TPSA) is 93.4 Å². The normalized spacial score (nSPS) is 13.0. The van der Waals surface area contributed by atoms with Crippen LogP contribution in [0.2, 0.25) is 0 Å². The van der Waals surface area contributed by atoms with Gasteiger partial charge in [-0.3, -0.25) is 19.0 Å². The molecule has 2 aromatic heterocycles. The summed E-state index contributed by atoms with van der Waals surface area (Å²) < 4.78 is 2.53. The Balaban J connectivity index is 1.55. The van der Waals surface area contributed by atoms with Crippen LogP contribution in [0.15, 0.2) is 70.3 Å². The summed E-state index contributed by atoms with van der Waals surface area (Å²) in [6, 6.07) is 18.6. The van der Waals surface area contributed by atoms with Crippen LogP contribution in [0.4, 0.5) is 0 Å². The molecular formula is C27H26N4O4S. The first-order valence-electron chi connectivity index (χ1n) is 11.9. The predicted molar refractivity (Wildman–Crippen MR) is 140 cm³/mol. The fourth-order valence-electron chi connectivity index (χ4n) is 4.61. The number of rotatable bonds is 6. The number of thiophene rings is 1. The minimum Gasteiger partial charge on any atom is -0.354 e. The summed E-state index contributed by atoms with van der Waals surface area (Å²) in [5, 5.41) is 3.35. The number of nitrogens with zero attached hydrogens (tertiary/aromatic N) is 3. The van der Waals surface area contributed by atoms with Crippen LogP contribution in [-0.2, 0) is 35.5 Å². The minimum atomic E-state index is -0.557. The Morgan fingerprint density at radius 1 is 1.00 bits per heavy atom. The van der Waals surface area contributed by atoms with Crippen LogP contribution in [0.1, 0.15) is 22.9 Å². The van der Waals surface area contributed by atoms with Crippen molar-refractivity contribution in [1.82, 2.24) is 19.4 Å². The van der Waals surface area contributed by atoms with E-state index >= 15 is 0 Å². The number of fused-ring (bicyclic) bond motifs is 3. The number of hydrogen-bond acceptors (Lipinski definition) is 5. The molecule has 0 unspecified atom stereocenters. The number of nitrogens with one attached hydrogen (secondary N) is 1. The van der Waals surface area contributed by atoms with E-state index in [4.69, 9.17) is 0 Å². The van der Waals surface area contributed by atoms with Crippen LogP contribution in [-0.4, -0.2) is 38.9 Å². The third kappa shape index (κ3) is 4.49. The van der Waals surface area contributed by atoms with Crippen molar-refractivity contribution in [1.29, 1.82) is 0 Å². The van der Waals surface area contributed by atoms with Gasteiger partial charge in [0.1, 0.15) is 11.4 Å². The molecule has 1 N–H and O–H groups in total. The highest BCUT2D eigenvalue weighted by atomic mass is 32.1. The van der Waals surface area contributed by atoms with E-state index in [0.717, 1.165) is 20.6 Å². The second-order valence-electron chi connectivity index (χ2n) is 8.80. The molecule has 1 aliphatic heterocycles. The fraction of sp³-hybridized carbons (Fsp3) is 0.259. The summed E-state index contributed by atoms with van der Waals surface area (Å²) in [4.78, 5) is 55.2. The van der Waals surface area contributed by atoms with E-state index < -0.39 is 11.2 Å². The third-order valence-electron chi connectivity index (χ3n) is 6.46. The Morgan fingerprint density at radius 3 is 2.39 bits per heavy atom. The van der Waals surface area contributed by atoms with Gasteiger partial charge in [-0.1, -0.05) is 48.5 Å². The molecule has 8 nitrogen and oxygen atoms in total. The third-order valence-corrected chi connectivity index (χ3v) is 7.70. The van der Waals surface area contributed by atoms with Crippen LogP contribution in [0, 0.1) is 0 Å². The molecule has 3 heterocycles. The van der Waals surface area contributed by atoms with Gasteiger partial charge in [-0.25, -0.2) is 9.36 Å². The van der Waals surface area contributed by atoms with Gasteiger partial charge in [0, 0.05) is 24.9 Å². The van der Waals surface area contributed by atoms with Gasteiger partial charge in [0.25, 0.3) is 5.56 Å². The molecule has 0 bridgehead atoms. The standard InChI is InChI=1S/C27H26N4O4S/c1-18(32)29-15-13-21-22(16-29)36-26-24(21)25(34)31(20-10-6-3-7-11-20)27(35)30(26)17-23(33)28-14-12-19-8-4-2-5-9-19/h2-11H,12-17H2,1H3,(H,28,33). The molecule has 2 amide bonds. The molecule has 0 spiro atoms. The van der Waals surface area contributed by atoms with Crippen molar-refractivity contribution in [2.24, 2.45) is 0 Å². The molecule has 2 aromatic carbocycles. The molecule has 0 saturated carbocycles. The van der Waals surface area contributed by atoms with Gasteiger partial charge in [0.05, 0.1) is 17.6 Å². The maximum atomic E-state index is 13.6. The fourth-order valence-corrected chi connectivity index (χ4v) is 5.96. The first-order valence-corrected chi connectivity index (χ1v) is 12.7. The van der Waals surface area contributed by atoms with E-state index in [2.05, 4.69) is 5.32 Å². The maximum absolute atomic E-state index is 13.6. The van der Waals surface area contributed by atoms with Gasteiger partial charge in [-0.2, -0.15) is 0 Å². The quantitative estimate of drug-likeness (QED) is 0.438. The molecule has 0 fully saturated rings. The van der Waals surface area contributed by atoms with Crippen molar-refractivity contribution in [2.45, 2.75) is 32.9 Å². The van der Waals surface area contributed by atoms with E-state index in [0.29, 0.717) is 48.4 Å². The highest BCUT2D eigenvalue weighted by molar-refractivity contribution is 7.18. The summed E-state index contributed by atoms with van der Waals surface area (Å²) in [6.45, 7) is 2.67. The zero-order valence-electron chi connectivity index (χ0n) is 19.9. The van der Waals surface area contributed by atoms with Crippen molar-refractivity contribution in [3.05, 3.63) is 97.5 Å². The Labute approximate surface area is 211 Å². The molecular weight excluding hydrogens is 476 g/mol. The van der Waals surface area contributed by atoms with Gasteiger partial charge >= 0.3 is 5.69 Å². The number of aromatic nitrogens is 2. The maximum Gasteiger partial charge on any atom is 0.337 e. The highest BCUT2D eigenvalue weighted by Crippen LogP contribution is 2.33. The molecule has 9 heteroatoms.